The molecule has 1 saturated heterocycles. The second kappa shape index (κ2) is 6.68. The van der Waals surface area contributed by atoms with Gasteiger partial charge in [0.05, 0.1) is 18.1 Å². The maximum Gasteiger partial charge on any atom is 0.138 e. The molecule has 0 unspecified atom stereocenters. The van der Waals surface area contributed by atoms with E-state index in [4.69, 9.17) is 4.74 Å². The number of aromatic nitrogens is 2. The first kappa shape index (κ1) is 14.7. The topological polar surface area (TPSA) is 59.1 Å². The Balaban J connectivity index is 1.58. The zero-order valence-electron chi connectivity index (χ0n) is 12.6. The zero-order valence-corrected chi connectivity index (χ0v) is 13.4. The van der Waals surface area contributed by atoms with E-state index in [-0.39, 0.29) is 0 Å². The van der Waals surface area contributed by atoms with E-state index in [2.05, 4.69) is 34.4 Å². The van der Waals surface area contributed by atoms with E-state index in [1.807, 2.05) is 0 Å². The van der Waals surface area contributed by atoms with Crippen molar-refractivity contribution >= 4 is 27.4 Å². The smallest absolute Gasteiger partial charge is 0.138 e. The van der Waals surface area contributed by atoms with Crippen LogP contribution in [0.4, 0.5) is 5.82 Å². The van der Waals surface area contributed by atoms with Gasteiger partial charge in [-0.1, -0.05) is 0 Å². The van der Waals surface area contributed by atoms with Crippen molar-refractivity contribution in [2.45, 2.75) is 32.8 Å². The Kier molecular flexibility index (Phi) is 4.67. The largest absolute Gasteiger partial charge is 0.376 e. The third-order valence-electron chi connectivity index (χ3n) is 4.00. The number of piperidine rings is 1. The van der Waals surface area contributed by atoms with Crippen LogP contribution in [-0.4, -0.2) is 42.3 Å². The Bertz CT molecular complexity index is 607. The number of nitrogens with zero attached hydrogens (tertiary/aromatic N) is 2. The number of nitrogens with one attached hydrogen (secondary N) is 2. The van der Waals surface area contributed by atoms with Gasteiger partial charge in [-0.05, 0) is 45.3 Å². The summed E-state index contributed by atoms with van der Waals surface area (Å²) < 4.78 is 5.91. The summed E-state index contributed by atoms with van der Waals surface area (Å²) in [5.74, 6) is 0.927. The van der Waals surface area contributed by atoms with Crippen molar-refractivity contribution in [1.82, 2.24) is 15.3 Å². The monoisotopic (exact) mass is 306 g/mol. The number of ether oxygens (including phenoxy) is 1. The number of aryl methyl sites for hydroxylation is 2. The van der Waals surface area contributed by atoms with E-state index >= 15 is 0 Å². The molecule has 1 fully saturated rings. The molecule has 0 bridgehead atoms. The molecule has 0 amide bonds. The highest BCUT2D eigenvalue weighted by Gasteiger charge is 2.14. The first-order chi connectivity index (χ1) is 10.3. The Hall–Kier alpha value is -1.24. The fourth-order valence-electron chi connectivity index (χ4n) is 2.67. The second-order valence-corrected chi connectivity index (χ2v) is 6.64. The summed E-state index contributed by atoms with van der Waals surface area (Å²) in [5, 5.41) is 7.90. The number of hydrogen-bond acceptors (Lipinski definition) is 6. The fraction of sp³-hybridized carbons (Fsp3) is 0.600. The Morgan fingerprint density at radius 2 is 2.14 bits per heavy atom. The summed E-state index contributed by atoms with van der Waals surface area (Å²) in [7, 11) is 0. The van der Waals surface area contributed by atoms with Gasteiger partial charge in [0, 0.05) is 11.4 Å². The SMILES string of the molecule is Cc1sc2ncnc(NCCOC3CCNCC3)c2c1C. The van der Waals surface area contributed by atoms with Gasteiger partial charge in [0.25, 0.3) is 0 Å². The minimum absolute atomic E-state index is 0.406. The molecule has 0 spiro atoms. The second-order valence-electron chi connectivity index (χ2n) is 5.43. The number of hydrogen-bond donors (Lipinski definition) is 2. The van der Waals surface area contributed by atoms with Gasteiger partial charge in [0.2, 0.25) is 0 Å². The van der Waals surface area contributed by atoms with Gasteiger partial charge in [-0.15, -0.1) is 11.3 Å². The lowest BCUT2D eigenvalue weighted by molar-refractivity contribution is 0.0394. The minimum Gasteiger partial charge on any atom is -0.376 e. The van der Waals surface area contributed by atoms with Gasteiger partial charge in [0.1, 0.15) is 17.0 Å². The third-order valence-corrected chi connectivity index (χ3v) is 5.11. The average molecular weight is 306 g/mol. The van der Waals surface area contributed by atoms with Crippen LogP contribution >= 0.6 is 11.3 Å². The van der Waals surface area contributed by atoms with Crippen LogP contribution in [0.5, 0.6) is 0 Å². The van der Waals surface area contributed by atoms with Crippen LogP contribution < -0.4 is 10.6 Å². The summed E-state index contributed by atoms with van der Waals surface area (Å²) in [5.41, 5.74) is 1.28. The summed E-state index contributed by atoms with van der Waals surface area (Å²) in [6.45, 7) is 7.90. The first-order valence-electron chi connectivity index (χ1n) is 7.52. The van der Waals surface area contributed by atoms with Crippen LogP contribution in [0.3, 0.4) is 0 Å². The normalized spacial score (nSPS) is 16.5. The number of rotatable bonds is 5. The molecule has 5 nitrogen and oxygen atoms in total. The van der Waals surface area contributed by atoms with Crippen LogP contribution in [0.1, 0.15) is 23.3 Å². The first-order valence-corrected chi connectivity index (χ1v) is 8.34. The van der Waals surface area contributed by atoms with Crippen LogP contribution in [0.2, 0.25) is 0 Å². The summed E-state index contributed by atoms with van der Waals surface area (Å²) in [6, 6.07) is 0. The fourth-order valence-corrected chi connectivity index (χ4v) is 3.67. The molecule has 3 rings (SSSR count). The lowest BCUT2D eigenvalue weighted by Crippen LogP contribution is -2.33. The minimum atomic E-state index is 0.406. The van der Waals surface area contributed by atoms with Gasteiger partial charge in [-0.3, -0.25) is 0 Å². The summed E-state index contributed by atoms with van der Waals surface area (Å²) in [6.07, 6.45) is 4.26. The molecule has 21 heavy (non-hydrogen) atoms. The van der Waals surface area contributed by atoms with E-state index in [1.54, 1.807) is 17.7 Å². The number of thiophene rings is 1. The molecule has 3 heterocycles. The molecule has 0 aliphatic carbocycles. The van der Waals surface area contributed by atoms with Gasteiger partial charge < -0.3 is 15.4 Å². The molecule has 2 aromatic rings. The molecule has 0 aromatic carbocycles. The van der Waals surface area contributed by atoms with Crippen molar-refractivity contribution in [2.75, 3.05) is 31.6 Å². The van der Waals surface area contributed by atoms with Gasteiger partial charge in [-0.2, -0.15) is 0 Å². The predicted molar refractivity (Wildman–Crippen MR) is 87.2 cm³/mol. The van der Waals surface area contributed by atoms with Crippen molar-refractivity contribution < 1.29 is 4.74 Å². The van der Waals surface area contributed by atoms with Crippen molar-refractivity contribution in [3.05, 3.63) is 16.8 Å². The molecule has 2 N–H and O–H groups in total. The van der Waals surface area contributed by atoms with Crippen LogP contribution in [-0.2, 0) is 4.74 Å². The van der Waals surface area contributed by atoms with E-state index in [0.29, 0.717) is 6.10 Å². The maximum absolute atomic E-state index is 5.91. The summed E-state index contributed by atoms with van der Waals surface area (Å²) >= 11 is 1.73. The van der Waals surface area contributed by atoms with Crippen molar-refractivity contribution in [2.24, 2.45) is 0 Å². The van der Waals surface area contributed by atoms with Crippen LogP contribution in [0, 0.1) is 13.8 Å². The highest BCUT2D eigenvalue weighted by molar-refractivity contribution is 7.18. The van der Waals surface area contributed by atoms with Crippen LogP contribution in [0.15, 0.2) is 6.33 Å². The average Bonchev–Trinajstić information content (AvgIpc) is 2.80. The molecule has 0 saturated carbocycles. The Morgan fingerprint density at radius 3 is 2.95 bits per heavy atom. The third kappa shape index (κ3) is 3.33. The van der Waals surface area contributed by atoms with Gasteiger partial charge in [-0.25, -0.2) is 9.97 Å². The number of fused-ring (bicyclic) bond motifs is 1. The Morgan fingerprint density at radius 1 is 1.33 bits per heavy atom. The van der Waals surface area contributed by atoms with E-state index in [0.717, 1.165) is 55.1 Å². The lowest BCUT2D eigenvalue weighted by Gasteiger charge is -2.23. The van der Waals surface area contributed by atoms with Gasteiger partial charge in [0.15, 0.2) is 0 Å². The highest BCUT2D eigenvalue weighted by atomic mass is 32.1. The summed E-state index contributed by atoms with van der Waals surface area (Å²) in [4.78, 5) is 11.1. The number of anilines is 1. The van der Waals surface area contributed by atoms with Crippen molar-refractivity contribution in [1.29, 1.82) is 0 Å². The Labute approximate surface area is 129 Å². The van der Waals surface area contributed by atoms with E-state index < -0.39 is 0 Å². The standard InChI is InChI=1S/C15H22N4OS/c1-10-11(2)21-15-13(10)14(18-9-19-15)17-7-8-20-12-3-5-16-6-4-12/h9,12,16H,3-8H2,1-2H3,(H,17,18,19). The molecule has 0 atom stereocenters. The molecule has 6 heteroatoms. The highest BCUT2D eigenvalue weighted by Crippen LogP contribution is 2.32. The molecular formula is C15H22N4OS. The molecule has 1 aliphatic rings. The molecule has 0 radical (unpaired) electrons. The van der Waals surface area contributed by atoms with Crippen molar-refractivity contribution in [3.63, 3.8) is 0 Å². The molecule has 114 valence electrons. The molecular weight excluding hydrogens is 284 g/mol. The van der Waals surface area contributed by atoms with Crippen molar-refractivity contribution in [3.8, 4) is 0 Å². The van der Waals surface area contributed by atoms with E-state index in [1.165, 1.54) is 10.4 Å². The zero-order chi connectivity index (χ0) is 14.7. The quantitative estimate of drug-likeness (QED) is 0.831. The molecule has 2 aromatic heterocycles. The predicted octanol–water partition coefficient (Wildman–Crippen LogP) is 2.49. The van der Waals surface area contributed by atoms with Crippen LogP contribution in [0.25, 0.3) is 10.2 Å². The van der Waals surface area contributed by atoms with E-state index in [9.17, 15) is 0 Å². The lowest BCUT2D eigenvalue weighted by atomic mass is 10.1. The van der Waals surface area contributed by atoms with Gasteiger partial charge >= 0.3 is 0 Å². The maximum atomic E-state index is 5.91. The molecule has 1 aliphatic heterocycles.